The molecule has 4 rings (SSSR count). The molecule has 8 nitrogen and oxygen atoms in total. The molecular formula is C24H20Cl2FN3O5S2. The predicted molar refractivity (Wildman–Crippen MR) is 136 cm³/mol. The number of nitrogens with zero attached hydrogens (tertiary/aromatic N) is 2. The topological polar surface area (TPSA) is 117 Å². The first-order valence-corrected chi connectivity index (χ1v) is 14.6. The molecule has 3 aromatic carbocycles. The minimum atomic E-state index is -4.18. The number of halogens is 3. The van der Waals surface area contributed by atoms with Crippen LogP contribution in [0.4, 0.5) is 4.39 Å². The fraction of sp³-hybridized carbons (Fsp3) is 0.208. The van der Waals surface area contributed by atoms with Crippen LogP contribution in [0.1, 0.15) is 18.4 Å². The molecule has 194 valence electrons. The molecule has 0 aromatic heterocycles. The zero-order chi connectivity index (χ0) is 26.8. The van der Waals surface area contributed by atoms with Gasteiger partial charge in [-0.1, -0.05) is 29.3 Å². The summed E-state index contributed by atoms with van der Waals surface area (Å²) in [5.74, 6) is -0.508. The Morgan fingerprint density at radius 3 is 2.27 bits per heavy atom. The average molecular weight is 584 g/mol. The highest BCUT2D eigenvalue weighted by molar-refractivity contribution is 7.89. The van der Waals surface area contributed by atoms with Crippen molar-refractivity contribution in [2.75, 3.05) is 13.1 Å². The summed E-state index contributed by atoms with van der Waals surface area (Å²) in [5.41, 5.74) is 0.104. The van der Waals surface area contributed by atoms with Gasteiger partial charge in [-0.2, -0.15) is 9.57 Å². The lowest BCUT2D eigenvalue weighted by molar-refractivity contribution is 0.308. The number of hydrogen-bond donors (Lipinski definition) is 1. The Morgan fingerprint density at radius 2 is 1.65 bits per heavy atom. The van der Waals surface area contributed by atoms with Crippen molar-refractivity contribution in [2.45, 2.75) is 28.7 Å². The Kier molecular flexibility index (Phi) is 8.08. The number of piperidine rings is 1. The van der Waals surface area contributed by atoms with E-state index in [0.29, 0.717) is 10.0 Å². The van der Waals surface area contributed by atoms with Gasteiger partial charge in [0, 0.05) is 29.2 Å². The predicted octanol–water partition coefficient (Wildman–Crippen LogP) is 4.93. The lowest BCUT2D eigenvalue weighted by Crippen LogP contribution is -2.46. The molecule has 0 radical (unpaired) electrons. The van der Waals surface area contributed by atoms with Gasteiger partial charge in [-0.05, 0) is 67.4 Å². The zero-order valence-corrected chi connectivity index (χ0v) is 22.2. The van der Waals surface area contributed by atoms with Crippen LogP contribution in [0.25, 0.3) is 0 Å². The maximum atomic E-state index is 13.5. The molecule has 3 aromatic rings. The molecule has 1 N–H and O–H groups in total. The van der Waals surface area contributed by atoms with Gasteiger partial charge >= 0.3 is 0 Å². The molecule has 0 unspecified atom stereocenters. The molecule has 1 saturated heterocycles. The number of sulfonamides is 2. The normalized spacial score (nSPS) is 15.3. The maximum absolute atomic E-state index is 13.5. The molecule has 1 aliphatic rings. The van der Waals surface area contributed by atoms with Crippen LogP contribution < -0.4 is 9.46 Å². The number of benzene rings is 3. The van der Waals surface area contributed by atoms with Gasteiger partial charge in [0.2, 0.25) is 20.0 Å². The van der Waals surface area contributed by atoms with E-state index < -0.39 is 31.9 Å². The lowest BCUT2D eigenvalue weighted by Gasteiger charge is -2.31. The first-order chi connectivity index (χ1) is 17.5. The van der Waals surface area contributed by atoms with Crippen molar-refractivity contribution in [3.8, 4) is 17.6 Å². The van der Waals surface area contributed by atoms with Gasteiger partial charge in [0.25, 0.3) is 0 Å². The summed E-state index contributed by atoms with van der Waals surface area (Å²) in [6.07, 6.45) is 0.373. The molecule has 1 fully saturated rings. The van der Waals surface area contributed by atoms with E-state index in [2.05, 4.69) is 4.72 Å². The van der Waals surface area contributed by atoms with Crippen molar-refractivity contribution in [1.82, 2.24) is 9.03 Å². The molecule has 37 heavy (non-hydrogen) atoms. The molecule has 0 saturated carbocycles. The van der Waals surface area contributed by atoms with Crippen LogP contribution >= 0.6 is 23.2 Å². The summed E-state index contributed by atoms with van der Waals surface area (Å²) in [7, 11) is -8.11. The van der Waals surface area contributed by atoms with Crippen molar-refractivity contribution < 1.29 is 26.0 Å². The van der Waals surface area contributed by atoms with Crippen molar-refractivity contribution >= 4 is 43.2 Å². The van der Waals surface area contributed by atoms with Crippen molar-refractivity contribution in [3.05, 3.63) is 82.1 Å². The minimum Gasteiger partial charge on any atom is -0.456 e. The number of nitriles is 1. The molecular weight excluding hydrogens is 564 g/mol. The van der Waals surface area contributed by atoms with Crippen LogP contribution in [-0.4, -0.2) is 40.3 Å². The Bertz CT molecular complexity index is 1570. The molecule has 13 heteroatoms. The first kappa shape index (κ1) is 27.3. The second kappa shape index (κ2) is 10.9. The summed E-state index contributed by atoms with van der Waals surface area (Å²) in [4.78, 5) is -0.430. The summed E-state index contributed by atoms with van der Waals surface area (Å²) < 4.78 is 75.4. The van der Waals surface area contributed by atoms with Crippen molar-refractivity contribution in [2.24, 2.45) is 0 Å². The second-order valence-corrected chi connectivity index (χ2v) is 12.7. The third-order valence-electron chi connectivity index (χ3n) is 5.64. The second-order valence-electron chi connectivity index (χ2n) is 8.24. The average Bonchev–Trinajstić information content (AvgIpc) is 2.83. The van der Waals surface area contributed by atoms with E-state index in [9.17, 15) is 26.5 Å². The van der Waals surface area contributed by atoms with Gasteiger partial charge in [0.05, 0.1) is 16.5 Å². The third kappa shape index (κ3) is 6.41. The van der Waals surface area contributed by atoms with E-state index in [1.165, 1.54) is 52.8 Å². The highest BCUT2D eigenvalue weighted by atomic mass is 35.5. The van der Waals surface area contributed by atoms with Gasteiger partial charge < -0.3 is 4.74 Å². The van der Waals surface area contributed by atoms with E-state index in [-0.39, 0.29) is 52.8 Å². The van der Waals surface area contributed by atoms with E-state index in [1.54, 1.807) is 0 Å². The quantitative estimate of drug-likeness (QED) is 0.421. The van der Waals surface area contributed by atoms with Gasteiger partial charge in [-0.25, -0.2) is 25.9 Å². The first-order valence-electron chi connectivity index (χ1n) is 10.9. The summed E-state index contributed by atoms with van der Waals surface area (Å²) >= 11 is 12.0. The fourth-order valence-corrected chi connectivity index (χ4v) is 7.33. The van der Waals surface area contributed by atoms with Crippen LogP contribution in [0.2, 0.25) is 10.0 Å². The largest absolute Gasteiger partial charge is 0.456 e. The maximum Gasteiger partial charge on any atom is 0.244 e. The smallest absolute Gasteiger partial charge is 0.244 e. The fourth-order valence-electron chi connectivity index (χ4n) is 3.86. The summed E-state index contributed by atoms with van der Waals surface area (Å²) in [5, 5.41) is 9.87. The Labute approximate surface area is 224 Å². The van der Waals surface area contributed by atoms with E-state index >= 15 is 0 Å². The standard InChI is InChI=1S/C24H20Cl2FN3O5S2/c25-17-11-18(26)13-21(12-17)35-23-5-4-16(15-28)10-24(23)36(31,32)29-20-6-8-30(9-7-20)37(33,34)22-3-1-2-19(27)14-22/h1-5,10-14,20,29H,6-9H2. The highest BCUT2D eigenvalue weighted by Gasteiger charge is 2.32. The highest BCUT2D eigenvalue weighted by Crippen LogP contribution is 2.33. The number of nitrogens with one attached hydrogen (secondary N) is 1. The summed E-state index contributed by atoms with van der Waals surface area (Å²) in [6, 6.07) is 14.4. The molecule has 0 bridgehead atoms. The molecule has 0 aliphatic carbocycles. The van der Waals surface area contributed by atoms with E-state index in [4.69, 9.17) is 27.9 Å². The molecule has 1 aliphatic heterocycles. The monoisotopic (exact) mass is 583 g/mol. The SMILES string of the molecule is N#Cc1ccc(Oc2cc(Cl)cc(Cl)c2)c(S(=O)(=O)NC2CCN(S(=O)(=O)c3cccc(F)c3)CC2)c1. The van der Waals surface area contributed by atoms with Crippen molar-refractivity contribution in [3.63, 3.8) is 0 Å². The van der Waals surface area contributed by atoms with Crippen molar-refractivity contribution in [1.29, 1.82) is 5.26 Å². The van der Waals surface area contributed by atoms with Crippen LogP contribution in [0, 0.1) is 17.1 Å². The van der Waals surface area contributed by atoms with Gasteiger partial charge in [-0.3, -0.25) is 0 Å². The van der Waals surface area contributed by atoms with E-state index in [1.807, 2.05) is 6.07 Å². The van der Waals surface area contributed by atoms with Crippen LogP contribution in [0.5, 0.6) is 11.5 Å². The number of ether oxygens (including phenoxy) is 1. The number of rotatable bonds is 7. The molecule has 0 atom stereocenters. The van der Waals surface area contributed by atoms with E-state index in [0.717, 1.165) is 12.1 Å². The minimum absolute atomic E-state index is 0.0363. The Balaban J connectivity index is 1.52. The van der Waals surface area contributed by atoms with Gasteiger partial charge in [-0.15, -0.1) is 0 Å². The number of hydrogen-bond acceptors (Lipinski definition) is 6. The summed E-state index contributed by atoms with van der Waals surface area (Å²) in [6.45, 7) is 0.0727. The van der Waals surface area contributed by atoms with Crippen LogP contribution in [0.15, 0.2) is 70.5 Å². The Morgan fingerprint density at radius 1 is 0.973 bits per heavy atom. The Hall–Kier alpha value is -2.72. The van der Waals surface area contributed by atoms with Gasteiger partial charge in [0.15, 0.2) is 0 Å². The third-order valence-corrected chi connectivity index (χ3v) is 9.51. The zero-order valence-electron chi connectivity index (χ0n) is 19.1. The molecule has 0 spiro atoms. The molecule has 1 heterocycles. The van der Waals surface area contributed by atoms with Crippen LogP contribution in [-0.2, 0) is 20.0 Å². The lowest BCUT2D eigenvalue weighted by atomic mass is 10.1. The molecule has 0 amide bonds. The van der Waals surface area contributed by atoms with Crippen LogP contribution in [0.3, 0.4) is 0 Å². The van der Waals surface area contributed by atoms with Gasteiger partial charge in [0.1, 0.15) is 22.2 Å².